The van der Waals surface area contributed by atoms with Crippen LogP contribution in [0.4, 0.5) is 11.4 Å². The van der Waals surface area contributed by atoms with Gasteiger partial charge in [0.1, 0.15) is 11.1 Å². The number of thioether (sulfide) groups is 1. The van der Waals surface area contributed by atoms with Crippen LogP contribution in [0.1, 0.15) is 44.9 Å². The van der Waals surface area contributed by atoms with Gasteiger partial charge in [0.25, 0.3) is 0 Å². The summed E-state index contributed by atoms with van der Waals surface area (Å²) in [7, 11) is 0. The van der Waals surface area contributed by atoms with E-state index in [1.165, 1.54) is 18.7 Å². The van der Waals surface area contributed by atoms with Crippen LogP contribution < -0.4 is 10.6 Å². The third kappa shape index (κ3) is 6.10. The summed E-state index contributed by atoms with van der Waals surface area (Å²) in [5.41, 5.74) is 2.72. The zero-order valence-corrected chi connectivity index (χ0v) is 17.1. The zero-order valence-electron chi connectivity index (χ0n) is 16.3. The summed E-state index contributed by atoms with van der Waals surface area (Å²) >= 11 is 1.32. The van der Waals surface area contributed by atoms with Gasteiger partial charge in [0.2, 0.25) is 11.8 Å². The van der Waals surface area contributed by atoms with Crippen LogP contribution >= 0.6 is 11.8 Å². The summed E-state index contributed by atoms with van der Waals surface area (Å²) < 4.78 is 0. The lowest BCUT2D eigenvalue weighted by Crippen LogP contribution is -2.24. The minimum Gasteiger partial charge on any atom is -0.326 e. The average molecular weight is 397 g/mol. The minimum absolute atomic E-state index is 0.147. The topological polar surface area (TPSA) is 94.9 Å². The molecule has 0 aliphatic heterocycles. The maximum atomic E-state index is 12.7. The van der Waals surface area contributed by atoms with Crippen molar-refractivity contribution in [2.45, 2.75) is 50.3 Å². The second-order valence-electron chi connectivity index (χ2n) is 6.28. The molecule has 6 nitrogen and oxygen atoms in total. The largest absolute Gasteiger partial charge is 0.326 e. The summed E-state index contributed by atoms with van der Waals surface area (Å²) in [6, 6.07) is 12.7. The Bertz CT molecular complexity index is 875. The van der Waals surface area contributed by atoms with Gasteiger partial charge in [0.15, 0.2) is 0 Å². The smallest absolute Gasteiger partial charge is 0.237 e. The summed E-state index contributed by atoms with van der Waals surface area (Å²) in [6.07, 6.45) is 2.41. The molecule has 0 spiro atoms. The van der Waals surface area contributed by atoms with E-state index in [-0.39, 0.29) is 17.1 Å². The van der Waals surface area contributed by atoms with E-state index >= 15 is 0 Å². The molecule has 0 fully saturated rings. The van der Waals surface area contributed by atoms with Gasteiger partial charge in [0.05, 0.1) is 10.8 Å². The summed E-state index contributed by atoms with van der Waals surface area (Å²) in [6.45, 7) is 5.45. The van der Waals surface area contributed by atoms with Crippen molar-refractivity contribution in [2.24, 2.45) is 0 Å². The molecular formula is C21H24N4O2S. The van der Waals surface area contributed by atoms with E-state index in [0.29, 0.717) is 28.4 Å². The first-order valence-electron chi connectivity index (χ1n) is 9.22. The maximum Gasteiger partial charge on any atom is 0.237 e. The van der Waals surface area contributed by atoms with Gasteiger partial charge in [-0.25, -0.2) is 4.98 Å². The highest BCUT2D eigenvalue weighted by Gasteiger charge is 2.21. The van der Waals surface area contributed by atoms with Gasteiger partial charge in [-0.1, -0.05) is 32.0 Å². The molecular weight excluding hydrogens is 372 g/mol. The normalized spacial score (nSPS) is 11.4. The fourth-order valence-corrected chi connectivity index (χ4v) is 3.58. The zero-order chi connectivity index (χ0) is 20.5. The predicted molar refractivity (Wildman–Crippen MR) is 112 cm³/mol. The Labute approximate surface area is 169 Å². The molecule has 1 unspecified atom stereocenters. The Morgan fingerprint density at radius 1 is 1.11 bits per heavy atom. The fourth-order valence-electron chi connectivity index (χ4n) is 2.57. The molecule has 0 saturated heterocycles. The molecule has 28 heavy (non-hydrogen) atoms. The number of nitrogens with one attached hydrogen (secondary N) is 2. The van der Waals surface area contributed by atoms with Crippen molar-refractivity contribution in [1.29, 1.82) is 5.26 Å². The van der Waals surface area contributed by atoms with Crippen molar-refractivity contribution in [3.05, 3.63) is 47.7 Å². The van der Waals surface area contributed by atoms with Crippen LogP contribution in [-0.4, -0.2) is 22.0 Å². The number of aromatic nitrogens is 1. The van der Waals surface area contributed by atoms with Crippen molar-refractivity contribution in [3.63, 3.8) is 0 Å². The van der Waals surface area contributed by atoms with Gasteiger partial charge >= 0.3 is 0 Å². The SMILES string of the molecule is CCCc1ccc(C#N)c(SC(CC)C(=O)Nc2ccc(NC(C)=O)cc2)n1. The number of amides is 2. The van der Waals surface area contributed by atoms with E-state index in [9.17, 15) is 14.9 Å². The number of nitrogens with zero attached hydrogens (tertiary/aromatic N) is 2. The number of nitriles is 1. The van der Waals surface area contributed by atoms with Crippen molar-refractivity contribution in [3.8, 4) is 6.07 Å². The number of carbonyl (C=O) groups is 2. The molecule has 0 saturated carbocycles. The third-order valence-corrected chi connectivity index (χ3v) is 5.30. The van der Waals surface area contributed by atoms with Crippen LogP contribution in [0.15, 0.2) is 41.4 Å². The molecule has 1 atom stereocenters. The molecule has 2 rings (SSSR count). The van der Waals surface area contributed by atoms with E-state index in [4.69, 9.17) is 0 Å². The Kier molecular flexibility index (Phi) is 8.02. The average Bonchev–Trinajstić information content (AvgIpc) is 2.67. The molecule has 2 amide bonds. The number of carbonyl (C=O) groups excluding carboxylic acids is 2. The van der Waals surface area contributed by atoms with Gasteiger partial charge in [-0.15, -0.1) is 0 Å². The van der Waals surface area contributed by atoms with Crippen LogP contribution in [0.25, 0.3) is 0 Å². The molecule has 146 valence electrons. The van der Waals surface area contributed by atoms with Gasteiger partial charge < -0.3 is 10.6 Å². The van der Waals surface area contributed by atoms with Gasteiger partial charge in [-0.3, -0.25) is 9.59 Å². The van der Waals surface area contributed by atoms with Gasteiger partial charge in [-0.05, 0) is 49.2 Å². The number of hydrogen-bond acceptors (Lipinski definition) is 5. The molecule has 0 bridgehead atoms. The highest BCUT2D eigenvalue weighted by atomic mass is 32.2. The lowest BCUT2D eigenvalue weighted by Gasteiger charge is -2.16. The molecule has 0 radical (unpaired) electrons. The second kappa shape index (κ2) is 10.5. The fraction of sp³-hybridized carbons (Fsp3) is 0.333. The van der Waals surface area contributed by atoms with Crippen LogP contribution in [0.5, 0.6) is 0 Å². The predicted octanol–water partition coefficient (Wildman–Crippen LogP) is 4.37. The summed E-state index contributed by atoms with van der Waals surface area (Å²) in [4.78, 5) is 28.4. The van der Waals surface area contributed by atoms with E-state index in [2.05, 4.69) is 28.6 Å². The summed E-state index contributed by atoms with van der Waals surface area (Å²) in [5, 5.41) is 15.2. The Hall–Kier alpha value is -2.85. The first kappa shape index (κ1) is 21.5. The first-order valence-corrected chi connectivity index (χ1v) is 10.1. The monoisotopic (exact) mass is 396 g/mol. The third-order valence-electron chi connectivity index (χ3n) is 3.93. The highest BCUT2D eigenvalue weighted by molar-refractivity contribution is 8.00. The van der Waals surface area contributed by atoms with Crippen molar-refractivity contribution in [2.75, 3.05) is 10.6 Å². The van der Waals surface area contributed by atoms with E-state index in [1.807, 2.05) is 13.0 Å². The number of rotatable bonds is 8. The number of pyridine rings is 1. The molecule has 1 aromatic carbocycles. The number of anilines is 2. The van der Waals surface area contributed by atoms with Crippen LogP contribution in [0.3, 0.4) is 0 Å². The van der Waals surface area contributed by atoms with Crippen LogP contribution in [0.2, 0.25) is 0 Å². The van der Waals surface area contributed by atoms with Crippen LogP contribution in [-0.2, 0) is 16.0 Å². The standard InChI is InChI=1S/C21H24N4O2S/c1-4-6-16-8-7-15(13-22)21(25-16)28-19(5-2)20(27)24-18-11-9-17(10-12-18)23-14(3)26/h7-12,19H,4-6H2,1-3H3,(H,23,26)(H,24,27). The number of aryl methyl sites for hydroxylation is 1. The number of benzene rings is 1. The molecule has 2 aromatic rings. The maximum absolute atomic E-state index is 12.7. The number of hydrogen-bond donors (Lipinski definition) is 2. The van der Waals surface area contributed by atoms with Crippen molar-refractivity contribution >= 4 is 35.0 Å². The Morgan fingerprint density at radius 3 is 2.29 bits per heavy atom. The molecule has 2 N–H and O–H groups in total. The molecule has 1 heterocycles. The first-order chi connectivity index (χ1) is 13.5. The van der Waals surface area contributed by atoms with Gasteiger partial charge in [-0.2, -0.15) is 5.26 Å². The second-order valence-corrected chi connectivity index (χ2v) is 7.47. The van der Waals surface area contributed by atoms with Gasteiger partial charge in [0, 0.05) is 24.0 Å². The summed E-state index contributed by atoms with van der Waals surface area (Å²) in [5.74, 6) is -0.295. The van der Waals surface area contributed by atoms with Crippen molar-refractivity contribution in [1.82, 2.24) is 4.98 Å². The van der Waals surface area contributed by atoms with E-state index < -0.39 is 0 Å². The van der Waals surface area contributed by atoms with Crippen molar-refractivity contribution < 1.29 is 9.59 Å². The Balaban J connectivity index is 2.10. The quantitative estimate of drug-likeness (QED) is 0.646. The van der Waals surface area contributed by atoms with E-state index in [1.54, 1.807) is 30.3 Å². The molecule has 1 aromatic heterocycles. The molecule has 0 aliphatic carbocycles. The lowest BCUT2D eigenvalue weighted by molar-refractivity contribution is -0.116. The Morgan fingerprint density at radius 2 is 1.75 bits per heavy atom. The van der Waals surface area contributed by atoms with E-state index in [0.717, 1.165) is 18.5 Å². The lowest BCUT2D eigenvalue weighted by atomic mass is 10.2. The molecule has 0 aliphatic rings. The molecule has 7 heteroatoms. The minimum atomic E-state index is -0.369. The van der Waals surface area contributed by atoms with Crippen LogP contribution in [0, 0.1) is 11.3 Å². The highest BCUT2D eigenvalue weighted by Crippen LogP contribution is 2.28.